The van der Waals surface area contributed by atoms with Gasteiger partial charge in [-0.3, -0.25) is 14.1 Å². The van der Waals surface area contributed by atoms with Gasteiger partial charge in [0.2, 0.25) is 16.0 Å². The van der Waals surface area contributed by atoms with E-state index in [1.165, 1.54) is 29.7 Å². The first-order valence-corrected chi connectivity index (χ1v) is 10.5. The summed E-state index contributed by atoms with van der Waals surface area (Å²) < 4.78 is 41.5. The average molecular weight is 404 g/mol. The second-order valence-electron chi connectivity index (χ2n) is 6.73. The first-order valence-electron chi connectivity index (χ1n) is 8.83. The van der Waals surface area contributed by atoms with Gasteiger partial charge in [-0.25, -0.2) is 17.8 Å². The van der Waals surface area contributed by atoms with Gasteiger partial charge in [-0.05, 0) is 57.5 Å². The maximum Gasteiger partial charge on any atom is 0.252 e. The lowest BCUT2D eigenvalue weighted by atomic mass is 10.0. The van der Waals surface area contributed by atoms with Crippen molar-refractivity contribution < 1.29 is 12.8 Å². The molecule has 0 bridgehead atoms. The summed E-state index contributed by atoms with van der Waals surface area (Å²) in [4.78, 5) is 21.1. The summed E-state index contributed by atoms with van der Waals surface area (Å²) in [5.41, 5.74) is 1.73. The summed E-state index contributed by atoms with van der Waals surface area (Å²) >= 11 is 0. The lowest BCUT2D eigenvalue weighted by Gasteiger charge is -2.17. The van der Waals surface area contributed by atoms with Gasteiger partial charge in [0.25, 0.3) is 5.56 Å². The fraction of sp³-hybridized carbons (Fsp3) is 0.316. The Morgan fingerprint density at radius 2 is 1.89 bits per heavy atom. The van der Waals surface area contributed by atoms with Crippen LogP contribution < -0.4 is 10.3 Å². The average Bonchev–Trinajstić information content (AvgIpc) is 2.60. The van der Waals surface area contributed by atoms with E-state index in [0.717, 1.165) is 0 Å². The van der Waals surface area contributed by atoms with Gasteiger partial charge in [0, 0.05) is 23.1 Å². The lowest BCUT2D eigenvalue weighted by molar-refractivity contribution is 0.595. The Morgan fingerprint density at radius 1 is 1.18 bits per heavy atom. The number of halogens is 1. The maximum atomic E-state index is 13.6. The summed E-state index contributed by atoms with van der Waals surface area (Å²) in [5, 5.41) is 0.572. The smallest absolute Gasteiger partial charge is 0.252 e. The number of benzene rings is 1. The van der Waals surface area contributed by atoms with Gasteiger partial charge in [-0.2, -0.15) is 4.98 Å². The summed E-state index contributed by atoms with van der Waals surface area (Å²) in [5.74, 6) is -0.663. The van der Waals surface area contributed by atoms with E-state index in [2.05, 4.69) is 14.7 Å². The van der Waals surface area contributed by atoms with Crippen LogP contribution in [0.4, 0.5) is 10.3 Å². The van der Waals surface area contributed by atoms with Crippen LogP contribution in [0.25, 0.3) is 22.3 Å². The Kier molecular flexibility index (Phi) is 5.20. The second kappa shape index (κ2) is 7.31. The molecule has 148 valence electrons. The fourth-order valence-corrected chi connectivity index (χ4v) is 3.50. The zero-order chi connectivity index (χ0) is 20.6. The molecular formula is C19H21FN4O3S. The molecule has 0 aliphatic heterocycles. The Labute approximate surface area is 162 Å². The predicted octanol–water partition coefficient (Wildman–Crippen LogP) is 3.25. The monoisotopic (exact) mass is 404 g/mol. The molecule has 1 aromatic carbocycles. The molecule has 2 aromatic heterocycles. The van der Waals surface area contributed by atoms with E-state index >= 15 is 0 Å². The molecule has 3 rings (SSSR count). The van der Waals surface area contributed by atoms with E-state index in [1.54, 1.807) is 19.1 Å². The largest absolute Gasteiger partial charge is 0.290 e. The molecule has 0 aliphatic rings. The molecule has 2 heterocycles. The molecule has 0 radical (unpaired) electrons. The number of nitrogens with one attached hydrogen (secondary N) is 1. The third-order valence-corrected chi connectivity index (χ3v) is 5.62. The van der Waals surface area contributed by atoms with Crippen LogP contribution in [-0.4, -0.2) is 28.7 Å². The molecule has 0 saturated carbocycles. The van der Waals surface area contributed by atoms with Gasteiger partial charge >= 0.3 is 0 Å². The predicted molar refractivity (Wildman–Crippen MR) is 107 cm³/mol. The molecule has 9 heteroatoms. The van der Waals surface area contributed by atoms with E-state index in [4.69, 9.17) is 0 Å². The number of pyridine rings is 1. The van der Waals surface area contributed by atoms with Gasteiger partial charge in [0.05, 0.1) is 11.4 Å². The molecule has 0 saturated heterocycles. The van der Waals surface area contributed by atoms with Gasteiger partial charge in [0.15, 0.2) is 0 Å². The molecule has 0 spiro atoms. The summed E-state index contributed by atoms with van der Waals surface area (Å²) in [6, 6.07) is 7.08. The topological polar surface area (TPSA) is 94.0 Å². The van der Waals surface area contributed by atoms with Crippen LogP contribution in [0.2, 0.25) is 0 Å². The molecule has 0 atom stereocenters. The Morgan fingerprint density at radius 3 is 2.50 bits per heavy atom. The van der Waals surface area contributed by atoms with Crippen LogP contribution in [0, 0.1) is 12.7 Å². The van der Waals surface area contributed by atoms with Crippen LogP contribution in [0.1, 0.15) is 32.4 Å². The number of rotatable bonds is 5. The van der Waals surface area contributed by atoms with Gasteiger partial charge in [-0.1, -0.05) is 0 Å². The van der Waals surface area contributed by atoms with E-state index in [0.29, 0.717) is 27.9 Å². The van der Waals surface area contributed by atoms with Crippen LogP contribution in [0.5, 0.6) is 0 Å². The Bertz CT molecular complexity index is 1220. The second-order valence-corrected chi connectivity index (χ2v) is 8.74. The van der Waals surface area contributed by atoms with E-state index in [1.807, 2.05) is 13.8 Å². The van der Waals surface area contributed by atoms with Crippen LogP contribution >= 0.6 is 0 Å². The first-order chi connectivity index (χ1) is 13.1. The molecule has 7 nitrogen and oxygen atoms in total. The minimum atomic E-state index is -3.62. The van der Waals surface area contributed by atoms with E-state index < -0.39 is 10.0 Å². The van der Waals surface area contributed by atoms with Gasteiger partial charge in [0.1, 0.15) is 11.5 Å². The normalized spacial score (nSPS) is 11.9. The van der Waals surface area contributed by atoms with Crippen molar-refractivity contribution in [3.8, 4) is 11.3 Å². The van der Waals surface area contributed by atoms with Gasteiger partial charge in [-0.15, -0.1) is 0 Å². The van der Waals surface area contributed by atoms with Crippen LogP contribution in [0.3, 0.4) is 0 Å². The highest BCUT2D eigenvalue weighted by atomic mass is 32.2. The summed E-state index contributed by atoms with van der Waals surface area (Å²) in [6.07, 6.45) is 0. The zero-order valence-electron chi connectivity index (χ0n) is 16.0. The number of hydrogen-bond donors (Lipinski definition) is 1. The highest BCUT2D eigenvalue weighted by Crippen LogP contribution is 2.30. The lowest BCUT2D eigenvalue weighted by Crippen LogP contribution is -2.23. The van der Waals surface area contributed by atoms with Crippen molar-refractivity contribution in [1.29, 1.82) is 0 Å². The number of fused-ring (bicyclic) bond motifs is 1. The Balaban J connectivity index is 2.41. The third kappa shape index (κ3) is 3.75. The fourth-order valence-electron chi connectivity index (χ4n) is 2.99. The number of sulfonamides is 1. The maximum absolute atomic E-state index is 13.6. The van der Waals surface area contributed by atoms with Crippen molar-refractivity contribution in [3.05, 3.63) is 52.1 Å². The standard InChI is InChI=1S/C19H21FN4O3S/c1-5-28(26,27)23-19-21-17(14-7-6-13(20)10-12(14)4)15-8-9-16(25)24(11(2)3)18(15)22-19/h6-11H,5H2,1-4H3,(H,21,22,23). The third-order valence-electron chi connectivity index (χ3n) is 4.37. The van der Waals surface area contributed by atoms with Crippen molar-refractivity contribution >= 4 is 27.0 Å². The molecule has 3 aromatic rings. The van der Waals surface area contributed by atoms with Crippen molar-refractivity contribution in [3.63, 3.8) is 0 Å². The molecule has 0 fully saturated rings. The number of aryl methyl sites for hydroxylation is 1. The van der Waals surface area contributed by atoms with Crippen molar-refractivity contribution in [2.75, 3.05) is 10.5 Å². The minimum Gasteiger partial charge on any atom is -0.290 e. The van der Waals surface area contributed by atoms with Crippen LogP contribution in [-0.2, 0) is 10.0 Å². The Hall–Kier alpha value is -2.81. The molecule has 0 unspecified atom stereocenters. The van der Waals surface area contributed by atoms with E-state index in [-0.39, 0.29) is 29.1 Å². The minimum absolute atomic E-state index is 0.131. The number of anilines is 1. The molecule has 28 heavy (non-hydrogen) atoms. The SMILES string of the molecule is CCS(=O)(=O)Nc1nc(-c2ccc(F)cc2C)c2ccc(=O)n(C(C)C)c2n1. The van der Waals surface area contributed by atoms with E-state index in [9.17, 15) is 17.6 Å². The summed E-state index contributed by atoms with van der Waals surface area (Å²) in [7, 11) is -3.62. The quantitative estimate of drug-likeness (QED) is 0.704. The molecule has 0 aliphatic carbocycles. The van der Waals surface area contributed by atoms with Crippen molar-refractivity contribution in [2.24, 2.45) is 0 Å². The molecular weight excluding hydrogens is 383 g/mol. The summed E-state index contributed by atoms with van der Waals surface area (Å²) in [6.45, 7) is 6.91. The first kappa shape index (κ1) is 19.9. The zero-order valence-corrected chi connectivity index (χ0v) is 16.8. The number of aromatic nitrogens is 3. The van der Waals surface area contributed by atoms with Crippen molar-refractivity contribution in [1.82, 2.24) is 14.5 Å². The highest BCUT2D eigenvalue weighted by molar-refractivity contribution is 7.92. The number of nitrogens with zero attached hydrogens (tertiary/aromatic N) is 3. The van der Waals surface area contributed by atoms with Crippen molar-refractivity contribution in [2.45, 2.75) is 33.7 Å². The molecule has 0 amide bonds. The van der Waals surface area contributed by atoms with Crippen LogP contribution in [0.15, 0.2) is 35.1 Å². The number of hydrogen-bond acceptors (Lipinski definition) is 5. The highest BCUT2D eigenvalue weighted by Gasteiger charge is 2.19. The van der Waals surface area contributed by atoms with Gasteiger partial charge < -0.3 is 0 Å². The molecule has 1 N–H and O–H groups in total.